The molecule has 2 rings (SSSR count). The fourth-order valence-corrected chi connectivity index (χ4v) is 1.80. The molecule has 0 radical (unpaired) electrons. The molecule has 0 heterocycles. The monoisotopic (exact) mass is 193 g/mol. The van der Waals surface area contributed by atoms with Gasteiger partial charge in [0.25, 0.3) is 0 Å². The quantitative estimate of drug-likeness (QED) is 0.503. The molecule has 0 fully saturated rings. The first-order chi connectivity index (χ1) is 6.66. The fourth-order valence-electron chi connectivity index (χ4n) is 1.80. The van der Waals surface area contributed by atoms with Crippen LogP contribution in [0.25, 0.3) is 0 Å². The van der Waals surface area contributed by atoms with Crippen LogP contribution in [0.3, 0.4) is 0 Å². The van der Waals surface area contributed by atoms with Crippen molar-refractivity contribution >= 4 is 11.5 Å². The van der Waals surface area contributed by atoms with Crippen LogP contribution < -0.4 is 5.73 Å². The fraction of sp³-hybridized carbons (Fsp3) is 0.364. The number of hydrogen-bond donors (Lipinski definition) is 1. The molecule has 74 valence electrons. The number of Topliss-reactive ketones (excluding diaryl/α,β-unsaturated/α-hetero) is 1. The SMILES string of the molecule is Nc1ccc2c(c1)CC(F)C(=O)CC2. The minimum atomic E-state index is -1.35. The van der Waals surface area contributed by atoms with Crippen LogP contribution in [0.4, 0.5) is 10.1 Å². The van der Waals surface area contributed by atoms with E-state index in [0.717, 1.165) is 11.1 Å². The zero-order valence-corrected chi connectivity index (χ0v) is 7.79. The molecule has 2 N–H and O–H groups in total. The van der Waals surface area contributed by atoms with Crippen LogP contribution in [-0.4, -0.2) is 12.0 Å². The molecule has 0 bridgehead atoms. The molecule has 0 saturated carbocycles. The third kappa shape index (κ3) is 1.62. The number of halogens is 1. The van der Waals surface area contributed by atoms with E-state index in [9.17, 15) is 9.18 Å². The van der Waals surface area contributed by atoms with Crippen molar-refractivity contribution in [1.82, 2.24) is 0 Å². The van der Waals surface area contributed by atoms with E-state index >= 15 is 0 Å². The second kappa shape index (κ2) is 3.40. The summed E-state index contributed by atoms with van der Waals surface area (Å²) >= 11 is 0. The van der Waals surface area contributed by atoms with Gasteiger partial charge in [-0.25, -0.2) is 4.39 Å². The van der Waals surface area contributed by atoms with Crippen molar-refractivity contribution in [3.8, 4) is 0 Å². The first-order valence-electron chi connectivity index (χ1n) is 4.71. The number of alkyl halides is 1. The molecule has 0 spiro atoms. The molecule has 1 aliphatic rings. The molecule has 1 unspecified atom stereocenters. The second-order valence-electron chi connectivity index (χ2n) is 3.67. The zero-order valence-electron chi connectivity index (χ0n) is 7.79. The van der Waals surface area contributed by atoms with E-state index in [2.05, 4.69) is 0 Å². The maximum absolute atomic E-state index is 13.3. The average Bonchev–Trinajstić information content (AvgIpc) is 2.27. The minimum Gasteiger partial charge on any atom is -0.399 e. The summed E-state index contributed by atoms with van der Waals surface area (Å²) in [5, 5.41) is 0. The third-order valence-electron chi connectivity index (χ3n) is 2.62. The van der Waals surface area contributed by atoms with Crippen molar-refractivity contribution in [2.75, 3.05) is 5.73 Å². The van der Waals surface area contributed by atoms with Gasteiger partial charge < -0.3 is 5.73 Å². The highest BCUT2D eigenvalue weighted by Gasteiger charge is 2.22. The van der Waals surface area contributed by atoms with Crippen LogP contribution in [0.2, 0.25) is 0 Å². The smallest absolute Gasteiger partial charge is 0.167 e. The van der Waals surface area contributed by atoms with Crippen molar-refractivity contribution in [2.24, 2.45) is 0 Å². The van der Waals surface area contributed by atoms with Gasteiger partial charge in [-0.05, 0) is 29.7 Å². The summed E-state index contributed by atoms with van der Waals surface area (Å²) in [4.78, 5) is 11.2. The highest BCUT2D eigenvalue weighted by molar-refractivity contribution is 5.84. The Balaban J connectivity index is 2.38. The molecule has 1 aromatic rings. The Morgan fingerprint density at radius 1 is 1.29 bits per heavy atom. The standard InChI is InChI=1S/C11H12FNO/c12-10-6-8-5-9(13)3-1-7(8)2-4-11(10)14/h1,3,5,10H,2,4,6,13H2. The van der Waals surface area contributed by atoms with E-state index in [1.807, 2.05) is 6.07 Å². The lowest BCUT2D eigenvalue weighted by Gasteiger charge is -2.06. The van der Waals surface area contributed by atoms with Gasteiger partial charge in [-0.15, -0.1) is 0 Å². The molecule has 1 atom stereocenters. The minimum absolute atomic E-state index is 0.180. The van der Waals surface area contributed by atoms with E-state index < -0.39 is 6.17 Å². The van der Waals surface area contributed by atoms with E-state index in [0.29, 0.717) is 18.5 Å². The Labute approximate surface area is 81.9 Å². The van der Waals surface area contributed by atoms with Crippen LogP contribution in [-0.2, 0) is 17.6 Å². The van der Waals surface area contributed by atoms with Gasteiger partial charge in [-0.2, -0.15) is 0 Å². The summed E-state index contributed by atoms with van der Waals surface area (Å²) in [6.45, 7) is 0. The van der Waals surface area contributed by atoms with Crippen LogP contribution in [0, 0.1) is 0 Å². The highest BCUT2D eigenvalue weighted by atomic mass is 19.1. The van der Waals surface area contributed by atoms with Crippen molar-refractivity contribution in [3.05, 3.63) is 29.3 Å². The molecular formula is C11H12FNO. The van der Waals surface area contributed by atoms with Gasteiger partial charge in [0.15, 0.2) is 12.0 Å². The topological polar surface area (TPSA) is 43.1 Å². The predicted octanol–water partition coefficient (Wildman–Crippen LogP) is 1.66. The third-order valence-corrected chi connectivity index (χ3v) is 2.62. The van der Waals surface area contributed by atoms with Crippen molar-refractivity contribution in [3.63, 3.8) is 0 Å². The van der Waals surface area contributed by atoms with E-state index in [4.69, 9.17) is 5.73 Å². The summed E-state index contributed by atoms with van der Waals surface area (Å²) in [5.41, 5.74) is 8.16. The summed E-state index contributed by atoms with van der Waals surface area (Å²) in [6, 6.07) is 5.44. The number of nitrogens with two attached hydrogens (primary N) is 1. The van der Waals surface area contributed by atoms with Gasteiger partial charge >= 0.3 is 0 Å². The van der Waals surface area contributed by atoms with Gasteiger partial charge in [-0.1, -0.05) is 6.07 Å². The molecule has 1 aliphatic carbocycles. The number of rotatable bonds is 0. The molecule has 3 heteroatoms. The first-order valence-corrected chi connectivity index (χ1v) is 4.71. The van der Waals surface area contributed by atoms with Crippen molar-refractivity contribution in [1.29, 1.82) is 0 Å². The largest absolute Gasteiger partial charge is 0.399 e. The molecule has 1 aromatic carbocycles. The van der Waals surface area contributed by atoms with Gasteiger partial charge in [-0.3, -0.25) is 4.79 Å². The Bertz CT molecular complexity index is 376. The number of nitrogen functional groups attached to an aromatic ring is 1. The molecule has 0 saturated heterocycles. The Morgan fingerprint density at radius 2 is 2.07 bits per heavy atom. The number of carbonyl (C=O) groups is 1. The maximum Gasteiger partial charge on any atom is 0.167 e. The molecule has 0 aliphatic heterocycles. The molecule has 2 nitrogen and oxygen atoms in total. The molecule has 14 heavy (non-hydrogen) atoms. The number of ketones is 1. The van der Waals surface area contributed by atoms with Crippen molar-refractivity contribution in [2.45, 2.75) is 25.4 Å². The Hall–Kier alpha value is -1.38. The van der Waals surface area contributed by atoms with Gasteiger partial charge in [0.05, 0.1) is 0 Å². The number of hydrogen-bond acceptors (Lipinski definition) is 2. The maximum atomic E-state index is 13.3. The van der Waals surface area contributed by atoms with Crippen molar-refractivity contribution < 1.29 is 9.18 Å². The van der Waals surface area contributed by atoms with Gasteiger partial charge in [0.1, 0.15) is 0 Å². The highest BCUT2D eigenvalue weighted by Crippen LogP contribution is 2.22. The van der Waals surface area contributed by atoms with Gasteiger partial charge in [0, 0.05) is 18.5 Å². The summed E-state index contributed by atoms with van der Waals surface area (Å²) in [6.07, 6.45) is -0.232. The summed E-state index contributed by atoms with van der Waals surface area (Å²) in [5.74, 6) is -0.292. The average molecular weight is 193 g/mol. The summed E-state index contributed by atoms with van der Waals surface area (Å²) in [7, 11) is 0. The molecule has 0 amide bonds. The molecular weight excluding hydrogens is 181 g/mol. The van der Waals surface area contributed by atoms with E-state index in [1.165, 1.54) is 0 Å². The lowest BCUT2D eigenvalue weighted by molar-refractivity contribution is -0.123. The number of carbonyl (C=O) groups excluding carboxylic acids is 1. The number of fused-ring (bicyclic) bond motifs is 1. The first kappa shape index (κ1) is 9.19. The van der Waals surface area contributed by atoms with E-state index in [-0.39, 0.29) is 12.2 Å². The normalized spacial score (nSPS) is 21.5. The van der Waals surface area contributed by atoms with Crippen LogP contribution in [0.15, 0.2) is 18.2 Å². The number of benzene rings is 1. The zero-order chi connectivity index (χ0) is 10.1. The number of anilines is 1. The Morgan fingerprint density at radius 3 is 2.86 bits per heavy atom. The van der Waals surface area contributed by atoms with Crippen LogP contribution >= 0.6 is 0 Å². The lowest BCUT2D eigenvalue weighted by Crippen LogP contribution is -2.15. The van der Waals surface area contributed by atoms with E-state index in [1.54, 1.807) is 12.1 Å². The lowest BCUT2D eigenvalue weighted by atomic mass is 10.0. The van der Waals surface area contributed by atoms with Gasteiger partial charge in [0.2, 0.25) is 0 Å². The Kier molecular flexibility index (Phi) is 2.23. The molecule has 0 aromatic heterocycles. The predicted molar refractivity (Wildman–Crippen MR) is 52.8 cm³/mol. The second-order valence-corrected chi connectivity index (χ2v) is 3.67. The summed E-state index contributed by atoms with van der Waals surface area (Å²) < 4.78 is 13.3. The number of aryl methyl sites for hydroxylation is 1. The van der Waals surface area contributed by atoms with Crippen LogP contribution in [0.5, 0.6) is 0 Å². The van der Waals surface area contributed by atoms with Crippen LogP contribution in [0.1, 0.15) is 17.5 Å².